The van der Waals surface area contributed by atoms with Crippen LogP contribution in [0.25, 0.3) is 0 Å². The van der Waals surface area contributed by atoms with Crippen LogP contribution < -0.4 is 0 Å². The quantitative estimate of drug-likeness (QED) is 0.548. The van der Waals surface area contributed by atoms with Gasteiger partial charge in [-0.05, 0) is 12.3 Å². The SMILES string of the molecule is CCCC(C)C(C=O)OC. The number of carbonyl (C=O) groups is 1. The van der Waals surface area contributed by atoms with Crippen molar-refractivity contribution in [3.8, 4) is 0 Å². The molecule has 0 aliphatic heterocycles. The molecule has 0 saturated heterocycles. The van der Waals surface area contributed by atoms with Crippen LogP contribution in [-0.4, -0.2) is 19.5 Å². The maximum absolute atomic E-state index is 10.3. The molecule has 0 rings (SSSR count). The first-order chi connectivity index (χ1) is 4.76. The summed E-state index contributed by atoms with van der Waals surface area (Å²) in [5.74, 6) is 0.354. The summed E-state index contributed by atoms with van der Waals surface area (Å²) in [5.41, 5.74) is 0. The van der Waals surface area contributed by atoms with Gasteiger partial charge in [0.25, 0.3) is 0 Å². The minimum Gasteiger partial charge on any atom is -0.374 e. The van der Waals surface area contributed by atoms with Crippen molar-refractivity contribution in [1.82, 2.24) is 0 Å². The molecule has 0 N–H and O–H groups in total. The summed E-state index contributed by atoms with van der Waals surface area (Å²) in [5, 5.41) is 0. The Kier molecular flexibility index (Phi) is 5.22. The summed E-state index contributed by atoms with van der Waals surface area (Å²) >= 11 is 0. The van der Waals surface area contributed by atoms with Crippen molar-refractivity contribution in [3.05, 3.63) is 0 Å². The fraction of sp³-hybridized carbons (Fsp3) is 0.875. The van der Waals surface area contributed by atoms with Crippen LogP contribution in [0.2, 0.25) is 0 Å². The van der Waals surface area contributed by atoms with E-state index in [0.717, 1.165) is 19.1 Å². The maximum atomic E-state index is 10.3. The number of carbonyl (C=O) groups excluding carboxylic acids is 1. The molecule has 2 atom stereocenters. The van der Waals surface area contributed by atoms with E-state index in [1.165, 1.54) is 0 Å². The molecule has 0 radical (unpaired) electrons. The molecule has 0 aliphatic carbocycles. The summed E-state index contributed by atoms with van der Waals surface area (Å²) in [4.78, 5) is 10.3. The van der Waals surface area contributed by atoms with E-state index >= 15 is 0 Å². The Hall–Kier alpha value is -0.370. The molecule has 0 aliphatic rings. The lowest BCUT2D eigenvalue weighted by molar-refractivity contribution is -0.119. The fourth-order valence-electron chi connectivity index (χ4n) is 1.04. The Labute approximate surface area is 62.6 Å². The van der Waals surface area contributed by atoms with E-state index < -0.39 is 0 Å². The molecule has 60 valence electrons. The van der Waals surface area contributed by atoms with Gasteiger partial charge in [0.2, 0.25) is 0 Å². The Bertz CT molecular complexity index is 91.3. The first kappa shape index (κ1) is 9.63. The lowest BCUT2D eigenvalue weighted by Gasteiger charge is -2.15. The van der Waals surface area contributed by atoms with Crippen LogP contribution in [0.4, 0.5) is 0 Å². The van der Waals surface area contributed by atoms with Gasteiger partial charge in [-0.3, -0.25) is 0 Å². The highest BCUT2D eigenvalue weighted by molar-refractivity contribution is 5.56. The van der Waals surface area contributed by atoms with Crippen molar-refractivity contribution in [3.63, 3.8) is 0 Å². The molecule has 10 heavy (non-hydrogen) atoms. The van der Waals surface area contributed by atoms with Gasteiger partial charge in [0.1, 0.15) is 12.4 Å². The van der Waals surface area contributed by atoms with E-state index in [1.54, 1.807) is 7.11 Å². The molecule has 0 heterocycles. The van der Waals surface area contributed by atoms with E-state index in [4.69, 9.17) is 4.74 Å². The lowest BCUT2D eigenvalue weighted by atomic mass is 10.0. The van der Waals surface area contributed by atoms with Gasteiger partial charge < -0.3 is 9.53 Å². The van der Waals surface area contributed by atoms with Crippen LogP contribution in [0.3, 0.4) is 0 Å². The highest BCUT2D eigenvalue weighted by atomic mass is 16.5. The maximum Gasteiger partial charge on any atom is 0.149 e. The van der Waals surface area contributed by atoms with Crippen LogP contribution in [0, 0.1) is 5.92 Å². The Morgan fingerprint density at radius 1 is 1.60 bits per heavy atom. The van der Waals surface area contributed by atoms with E-state index in [-0.39, 0.29) is 6.10 Å². The van der Waals surface area contributed by atoms with Crippen molar-refractivity contribution in [1.29, 1.82) is 0 Å². The van der Waals surface area contributed by atoms with Gasteiger partial charge in [-0.25, -0.2) is 0 Å². The van der Waals surface area contributed by atoms with Crippen molar-refractivity contribution in [2.75, 3.05) is 7.11 Å². The van der Waals surface area contributed by atoms with Crippen LogP contribution in [0.15, 0.2) is 0 Å². The van der Waals surface area contributed by atoms with Crippen molar-refractivity contribution in [2.24, 2.45) is 5.92 Å². The molecular weight excluding hydrogens is 128 g/mol. The second kappa shape index (κ2) is 5.42. The average Bonchev–Trinajstić information content (AvgIpc) is 1.91. The molecule has 0 aromatic carbocycles. The van der Waals surface area contributed by atoms with E-state index in [2.05, 4.69) is 6.92 Å². The molecule has 2 unspecified atom stereocenters. The predicted molar refractivity (Wildman–Crippen MR) is 40.9 cm³/mol. The molecule has 2 nitrogen and oxygen atoms in total. The Balaban J connectivity index is 3.63. The molecule has 0 amide bonds. The van der Waals surface area contributed by atoms with Crippen LogP contribution in [0.1, 0.15) is 26.7 Å². The van der Waals surface area contributed by atoms with E-state index in [9.17, 15) is 4.79 Å². The molecule has 2 heteroatoms. The molecular formula is C8H16O2. The van der Waals surface area contributed by atoms with Crippen LogP contribution >= 0.6 is 0 Å². The number of ether oxygens (including phenoxy) is 1. The zero-order valence-corrected chi connectivity index (χ0v) is 6.96. The number of rotatable bonds is 5. The van der Waals surface area contributed by atoms with E-state index in [1.807, 2.05) is 6.92 Å². The van der Waals surface area contributed by atoms with Gasteiger partial charge in [0, 0.05) is 7.11 Å². The van der Waals surface area contributed by atoms with Crippen molar-refractivity contribution >= 4 is 6.29 Å². The topological polar surface area (TPSA) is 26.3 Å². The molecule has 0 fully saturated rings. The van der Waals surface area contributed by atoms with Crippen LogP contribution in [0.5, 0.6) is 0 Å². The largest absolute Gasteiger partial charge is 0.374 e. The molecule has 0 bridgehead atoms. The van der Waals surface area contributed by atoms with Gasteiger partial charge in [0.15, 0.2) is 0 Å². The Morgan fingerprint density at radius 3 is 2.50 bits per heavy atom. The highest BCUT2D eigenvalue weighted by Crippen LogP contribution is 2.10. The van der Waals surface area contributed by atoms with Crippen LogP contribution in [-0.2, 0) is 9.53 Å². The number of aldehydes is 1. The fourth-order valence-corrected chi connectivity index (χ4v) is 1.04. The third-order valence-corrected chi connectivity index (χ3v) is 1.71. The van der Waals surface area contributed by atoms with Gasteiger partial charge in [0.05, 0.1) is 0 Å². The van der Waals surface area contributed by atoms with Gasteiger partial charge >= 0.3 is 0 Å². The average molecular weight is 144 g/mol. The number of hydrogen-bond donors (Lipinski definition) is 0. The third-order valence-electron chi connectivity index (χ3n) is 1.71. The summed E-state index contributed by atoms with van der Waals surface area (Å²) in [6.07, 6.45) is 2.83. The predicted octanol–water partition coefficient (Wildman–Crippen LogP) is 1.64. The van der Waals surface area contributed by atoms with Gasteiger partial charge in [-0.15, -0.1) is 0 Å². The van der Waals surface area contributed by atoms with E-state index in [0.29, 0.717) is 5.92 Å². The monoisotopic (exact) mass is 144 g/mol. The van der Waals surface area contributed by atoms with Gasteiger partial charge in [-0.1, -0.05) is 20.3 Å². The van der Waals surface area contributed by atoms with Crippen molar-refractivity contribution < 1.29 is 9.53 Å². The third kappa shape index (κ3) is 2.97. The zero-order valence-electron chi connectivity index (χ0n) is 6.96. The summed E-state index contributed by atoms with van der Waals surface area (Å²) in [6, 6.07) is 0. The lowest BCUT2D eigenvalue weighted by Crippen LogP contribution is -2.21. The standard InChI is InChI=1S/C8H16O2/c1-4-5-7(2)8(6-9)10-3/h6-8H,4-5H2,1-3H3. The normalized spacial score (nSPS) is 16.3. The summed E-state index contributed by atoms with van der Waals surface area (Å²) in [6.45, 7) is 4.14. The summed E-state index contributed by atoms with van der Waals surface area (Å²) < 4.78 is 4.95. The Morgan fingerprint density at radius 2 is 2.20 bits per heavy atom. The minimum atomic E-state index is -0.208. The minimum absolute atomic E-state index is 0.208. The second-order valence-electron chi connectivity index (χ2n) is 2.60. The zero-order chi connectivity index (χ0) is 7.98. The number of methoxy groups -OCH3 is 1. The first-order valence-electron chi connectivity index (χ1n) is 3.74. The van der Waals surface area contributed by atoms with Crippen molar-refractivity contribution in [2.45, 2.75) is 32.8 Å². The molecule has 0 aromatic rings. The smallest absolute Gasteiger partial charge is 0.149 e. The molecule has 0 saturated carbocycles. The molecule has 0 aromatic heterocycles. The second-order valence-corrected chi connectivity index (χ2v) is 2.60. The molecule has 0 spiro atoms. The van der Waals surface area contributed by atoms with Gasteiger partial charge in [-0.2, -0.15) is 0 Å². The first-order valence-corrected chi connectivity index (χ1v) is 3.74. The number of hydrogen-bond acceptors (Lipinski definition) is 2. The summed E-state index contributed by atoms with van der Waals surface area (Å²) in [7, 11) is 1.57. The highest BCUT2D eigenvalue weighted by Gasteiger charge is 2.13.